The number of likely N-dealkylation sites (N-methyl/N-ethyl adjacent to an activating group) is 1. The van der Waals surface area contributed by atoms with Gasteiger partial charge in [0.2, 0.25) is 0 Å². The van der Waals surface area contributed by atoms with Gasteiger partial charge in [0.15, 0.2) is 0 Å². The Morgan fingerprint density at radius 2 is 1.00 bits per heavy atom. The highest BCUT2D eigenvalue weighted by Crippen LogP contribution is 2.38. The Labute approximate surface area is 357 Å². The molecular weight excluding hydrogens is 746 g/mol. The van der Waals surface area contributed by atoms with Crippen molar-refractivity contribution in [3.63, 3.8) is 0 Å². The Morgan fingerprint density at radius 1 is 0.552 bits per heavy atom. The molecular formula is C49H88NO7P. The molecule has 0 radical (unpaired) electrons. The number of allylic oxidation sites excluding steroid dienone is 12. The van der Waals surface area contributed by atoms with Gasteiger partial charge in [0, 0.05) is 13.0 Å². The van der Waals surface area contributed by atoms with Gasteiger partial charge >= 0.3 is 5.97 Å². The van der Waals surface area contributed by atoms with E-state index in [0.29, 0.717) is 24.1 Å². The van der Waals surface area contributed by atoms with E-state index in [4.69, 9.17) is 18.5 Å². The summed E-state index contributed by atoms with van der Waals surface area (Å²) in [7, 11) is 1.33. The lowest BCUT2D eigenvalue weighted by Crippen LogP contribution is -2.37. The van der Waals surface area contributed by atoms with E-state index >= 15 is 0 Å². The summed E-state index contributed by atoms with van der Waals surface area (Å²) in [5.41, 5.74) is 0. The fraction of sp³-hybridized carbons (Fsp3) is 0.735. The van der Waals surface area contributed by atoms with Gasteiger partial charge in [0.05, 0.1) is 34.4 Å². The molecule has 0 aliphatic carbocycles. The number of carbonyl (C=O) groups excluding carboxylic acids is 1. The zero-order valence-corrected chi connectivity index (χ0v) is 38.9. The molecule has 0 aromatic rings. The number of carbonyl (C=O) groups is 1. The minimum absolute atomic E-state index is 0.0168. The summed E-state index contributed by atoms with van der Waals surface area (Å²) < 4.78 is 34.6. The molecule has 0 fully saturated rings. The maximum absolute atomic E-state index is 12.7. The van der Waals surface area contributed by atoms with Crippen LogP contribution in [0.2, 0.25) is 0 Å². The first kappa shape index (κ1) is 55.9. The van der Waals surface area contributed by atoms with E-state index < -0.39 is 13.9 Å². The summed E-state index contributed by atoms with van der Waals surface area (Å²) in [5.74, 6) is -0.348. The minimum Gasteiger partial charge on any atom is -0.756 e. The first-order chi connectivity index (χ1) is 28.1. The smallest absolute Gasteiger partial charge is 0.306 e. The third-order valence-electron chi connectivity index (χ3n) is 9.52. The number of nitrogens with zero attached hydrogens (tertiary/aromatic N) is 1. The molecule has 2 atom stereocenters. The molecule has 58 heavy (non-hydrogen) atoms. The molecule has 0 bridgehead atoms. The van der Waals surface area contributed by atoms with Crippen molar-refractivity contribution in [2.75, 3.05) is 54.1 Å². The van der Waals surface area contributed by atoms with Crippen molar-refractivity contribution < 1.29 is 37.3 Å². The van der Waals surface area contributed by atoms with Gasteiger partial charge < -0.3 is 27.9 Å². The number of quaternary nitrogens is 1. The van der Waals surface area contributed by atoms with Gasteiger partial charge in [0.25, 0.3) is 7.82 Å². The SMILES string of the molecule is CC/C=C\C/C=C\C/C=C\C/C=C\C/C=C\C/C=C\CCCCCOCC(COP(=O)([O-])OCC[N+](C)(C)C)OC(=O)CCCCCCCCCCCCCCCC. The molecule has 0 aliphatic rings. The van der Waals surface area contributed by atoms with Crippen LogP contribution in [0.1, 0.15) is 174 Å². The topological polar surface area (TPSA) is 94.1 Å². The van der Waals surface area contributed by atoms with Gasteiger partial charge in [-0.2, -0.15) is 0 Å². The van der Waals surface area contributed by atoms with E-state index in [1.165, 1.54) is 70.6 Å². The number of unbranched alkanes of at least 4 members (excludes halogenated alkanes) is 16. The third kappa shape index (κ3) is 45.0. The van der Waals surface area contributed by atoms with Crippen LogP contribution in [0.25, 0.3) is 0 Å². The van der Waals surface area contributed by atoms with Crippen LogP contribution in [0.5, 0.6) is 0 Å². The van der Waals surface area contributed by atoms with Crippen molar-refractivity contribution in [1.82, 2.24) is 0 Å². The Balaban J connectivity index is 4.28. The average molecular weight is 834 g/mol. The summed E-state index contributed by atoms with van der Waals surface area (Å²) in [5, 5.41) is 0. The van der Waals surface area contributed by atoms with E-state index in [0.717, 1.165) is 83.5 Å². The Kier molecular flexibility index (Phi) is 40.2. The number of hydrogen-bond acceptors (Lipinski definition) is 7. The largest absolute Gasteiger partial charge is 0.756 e. The molecule has 0 heterocycles. The minimum atomic E-state index is -4.54. The second-order valence-corrected chi connectivity index (χ2v) is 17.8. The van der Waals surface area contributed by atoms with Crippen LogP contribution in [0.15, 0.2) is 72.9 Å². The highest BCUT2D eigenvalue weighted by Gasteiger charge is 2.20. The number of phosphoric ester groups is 1. The van der Waals surface area contributed by atoms with Gasteiger partial charge in [-0.05, 0) is 64.2 Å². The summed E-state index contributed by atoms with van der Waals surface area (Å²) >= 11 is 0. The molecule has 0 N–H and O–H groups in total. The molecule has 2 unspecified atom stereocenters. The fourth-order valence-corrected chi connectivity index (χ4v) is 6.69. The van der Waals surface area contributed by atoms with Crippen molar-refractivity contribution >= 4 is 13.8 Å². The zero-order valence-electron chi connectivity index (χ0n) is 38.0. The van der Waals surface area contributed by atoms with Crippen LogP contribution in [-0.4, -0.2) is 70.7 Å². The van der Waals surface area contributed by atoms with E-state index in [9.17, 15) is 14.3 Å². The van der Waals surface area contributed by atoms with E-state index in [1.54, 1.807) is 0 Å². The molecule has 0 saturated heterocycles. The van der Waals surface area contributed by atoms with Gasteiger partial charge in [0.1, 0.15) is 19.3 Å². The average Bonchev–Trinajstić information content (AvgIpc) is 3.18. The van der Waals surface area contributed by atoms with Crippen molar-refractivity contribution in [3.05, 3.63) is 72.9 Å². The second-order valence-electron chi connectivity index (χ2n) is 16.4. The lowest BCUT2D eigenvalue weighted by Gasteiger charge is -2.28. The maximum Gasteiger partial charge on any atom is 0.306 e. The van der Waals surface area contributed by atoms with Gasteiger partial charge in [-0.15, -0.1) is 0 Å². The predicted octanol–water partition coefficient (Wildman–Crippen LogP) is 13.3. The van der Waals surface area contributed by atoms with E-state index in [1.807, 2.05) is 21.1 Å². The fourth-order valence-electron chi connectivity index (χ4n) is 5.96. The molecule has 0 rings (SSSR count). The number of ether oxygens (including phenoxy) is 2. The molecule has 8 nitrogen and oxygen atoms in total. The molecule has 9 heteroatoms. The highest BCUT2D eigenvalue weighted by molar-refractivity contribution is 7.45. The third-order valence-corrected chi connectivity index (χ3v) is 10.5. The molecule has 0 saturated carbocycles. The number of rotatable bonds is 42. The van der Waals surface area contributed by atoms with Crippen LogP contribution in [0, 0.1) is 0 Å². The van der Waals surface area contributed by atoms with E-state index in [-0.39, 0.29) is 25.8 Å². The van der Waals surface area contributed by atoms with Crippen molar-refractivity contribution in [1.29, 1.82) is 0 Å². The first-order valence-corrected chi connectivity index (χ1v) is 24.6. The number of esters is 1. The van der Waals surface area contributed by atoms with Crippen molar-refractivity contribution in [2.45, 2.75) is 180 Å². The van der Waals surface area contributed by atoms with Crippen molar-refractivity contribution in [2.24, 2.45) is 0 Å². The molecule has 336 valence electrons. The van der Waals surface area contributed by atoms with Crippen LogP contribution < -0.4 is 4.89 Å². The Bertz CT molecular complexity index is 1150. The molecule has 0 aromatic heterocycles. The molecule has 0 aromatic carbocycles. The van der Waals surface area contributed by atoms with Gasteiger partial charge in [-0.3, -0.25) is 9.36 Å². The quantitative estimate of drug-likeness (QED) is 0.0199. The summed E-state index contributed by atoms with van der Waals surface area (Å²) in [6, 6.07) is 0. The highest BCUT2D eigenvalue weighted by atomic mass is 31.2. The lowest BCUT2D eigenvalue weighted by atomic mass is 10.0. The van der Waals surface area contributed by atoms with Crippen LogP contribution in [0.3, 0.4) is 0 Å². The second kappa shape index (κ2) is 41.7. The first-order valence-electron chi connectivity index (χ1n) is 23.2. The summed E-state index contributed by atoms with van der Waals surface area (Å²) in [4.78, 5) is 25.1. The molecule has 0 amide bonds. The maximum atomic E-state index is 12.7. The lowest BCUT2D eigenvalue weighted by molar-refractivity contribution is -0.870. The monoisotopic (exact) mass is 834 g/mol. The Hall–Kier alpha value is -2.06. The number of phosphoric acid groups is 1. The van der Waals surface area contributed by atoms with Crippen molar-refractivity contribution in [3.8, 4) is 0 Å². The molecule has 0 spiro atoms. The predicted molar refractivity (Wildman–Crippen MR) is 245 cm³/mol. The van der Waals surface area contributed by atoms with Gasteiger partial charge in [-0.25, -0.2) is 0 Å². The standard InChI is InChI=1S/C49H88NO7P/c1-6-8-10-12-14-16-18-20-22-23-24-25-26-27-28-29-31-33-35-37-39-41-44-54-46-48(47-56-58(52,53)55-45-43-50(3,4)5)57-49(51)42-40-38-36-34-32-30-21-19-17-15-13-11-9-7-2/h8,10,14,16,20,22,24-25,27-28,31,33,48H,6-7,9,11-13,15,17-19,21,23,26,29-30,32,34-47H2,1-5H3/b10-8-,16-14-,22-20-,25-24-,28-27-,33-31-. The van der Waals surface area contributed by atoms with Gasteiger partial charge in [-0.1, -0.05) is 177 Å². The summed E-state index contributed by atoms with van der Waals surface area (Å²) in [6.07, 6.45) is 53.5. The Morgan fingerprint density at radius 3 is 1.48 bits per heavy atom. The van der Waals surface area contributed by atoms with Crippen LogP contribution in [-0.2, 0) is 27.9 Å². The number of hydrogen-bond donors (Lipinski definition) is 0. The normalized spacial score (nSPS) is 14.4. The van der Waals surface area contributed by atoms with Crippen LogP contribution in [0.4, 0.5) is 0 Å². The zero-order chi connectivity index (χ0) is 42.7. The van der Waals surface area contributed by atoms with E-state index in [2.05, 4.69) is 86.8 Å². The van der Waals surface area contributed by atoms with Crippen LogP contribution >= 0.6 is 7.82 Å². The summed E-state index contributed by atoms with van der Waals surface area (Å²) in [6.45, 7) is 5.21. The molecule has 0 aliphatic heterocycles.